The zero-order valence-corrected chi connectivity index (χ0v) is 27.1. The van der Waals surface area contributed by atoms with Crippen LogP contribution in [0.1, 0.15) is 81.6 Å². The van der Waals surface area contributed by atoms with Gasteiger partial charge in [-0.2, -0.15) is 0 Å². The highest BCUT2D eigenvalue weighted by molar-refractivity contribution is 5.76. The number of ether oxygens (including phenoxy) is 6. The van der Waals surface area contributed by atoms with Crippen LogP contribution in [0.5, 0.6) is 0 Å². The van der Waals surface area contributed by atoms with E-state index in [1.807, 2.05) is 20.8 Å². The average molecular weight is 609 g/mol. The standard InChI is InChI=1S/C30H56O12/c1-10-28(4,5)25(34)40-16-21(31)13-37-19-24(39-15-23(33)18-42-27(36)30(8,9)12-3)20-38-14-22(32)17-41-26(35)29(6,7)11-2/h21-24,31-33H,10-20H2,1-9H3. The Morgan fingerprint density at radius 3 is 1.07 bits per heavy atom. The average Bonchev–Trinajstić information content (AvgIpc) is 2.95. The van der Waals surface area contributed by atoms with E-state index in [0.717, 1.165) is 0 Å². The Bertz CT molecular complexity index is 751. The molecular weight excluding hydrogens is 552 g/mol. The quantitative estimate of drug-likeness (QED) is 0.115. The lowest BCUT2D eigenvalue weighted by molar-refractivity contribution is -0.162. The summed E-state index contributed by atoms with van der Waals surface area (Å²) in [5.41, 5.74) is -1.99. The molecule has 12 nitrogen and oxygen atoms in total. The van der Waals surface area contributed by atoms with Gasteiger partial charge in [0.1, 0.15) is 44.2 Å². The molecule has 0 aromatic carbocycles. The molecule has 0 bridgehead atoms. The molecular formula is C30H56O12. The van der Waals surface area contributed by atoms with Gasteiger partial charge in [-0.05, 0) is 60.8 Å². The van der Waals surface area contributed by atoms with Crippen LogP contribution in [0.3, 0.4) is 0 Å². The molecule has 0 heterocycles. The van der Waals surface area contributed by atoms with Crippen molar-refractivity contribution in [3.63, 3.8) is 0 Å². The van der Waals surface area contributed by atoms with E-state index in [4.69, 9.17) is 28.4 Å². The van der Waals surface area contributed by atoms with Gasteiger partial charge in [0.15, 0.2) is 0 Å². The van der Waals surface area contributed by atoms with E-state index in [1.54, 1.807) is 41.5 Å². The highest BCUT2D eigenvalue weighted by Crippen LogP contribution is 2.23. The fraction of sp³-hybridized carbons (Fsp3) is 0.900. The molecule has 0 aromatic rings. The number of carbonyl (C=O) groups is 3. The minimum Gasteiger partial charge on any atom is -0.462 e. The van der Waals surface area contributed by atoms with Gasteiger partial charge in [-0.25, -0.2) is 0 Å². The smallest absolute Gasteiger partial charge is 0.311 e. The molecule has 0 aliphatic carbocycles. The summed E-state index contributed by atoms with van der Waals surface area (Å²) in [6.45, 7) is 14.8. The van der Waals surface area contributed by atoms with E-state index in [1.165, 1.54) is 0 Å². The van der Waals surface area contributed by atoms with Gasteiger partial charge < -0.3 is 43.7 Å². The van der Waals surface area contributed by atoms with E-state index < -0.39 is 58.6 Å². The molecule has 0 amide bonds. The zero-order valence-electron chi connectivity index (χ0n) is 27.1. The number of hydrogen-bond acceptors (Lipinski definition) is 12. The molecule has 3 atom stereocenters. The van der Waals surface area contributed by atoms with Crippen LogP contribution < -0.4 is 0 Å². The largest absolute Gasteiger partial charge is 0.462 e. The summed E-state index contributed by atoms with van der Waals surface area (Å²) in [6, 6.07) is 0. The van der Waals surface area contributed by atoms with Crippen molar-refractivity contribution >= 4 is 17.9 Å². The van der Waals surface area contributed by atoms with Crippen molar-refractivity contribution in [3.8, 4) is 0 Å². The predicted molar refractivity (Wildman–Crippen MR) is 154 cm³/mol. The van der Waals surface area contributed by atoms with Crippen LogP contribution in [0, 0.1) is 16.2 Å². The van der Waals surface area contributed by atoms with E-state index in [2.05, 4.69) is 0 Å². The molecule has 248 valence electrons. The number of rotatable bonds is 23. The van der Waals surface area contributed by atoms with E-state index in [9.17, 15) is 29.7 Å². The predicted octanol–water partition coefficient (Wildman–Crippen LogP) is 2.43. The second-order valence-corrected chi connectivity index (χ2v) is 12.5. The number of carbonyl (C=O) groups excluding carboxylic acids is 3. The van der Waals surface area contributed by atoms with Crippen molar-refractivity contribution < 1.29 is 58.1 Å². The molecule has 0 aliphatic heterocycles. The maximum atomic E-state index is 12.2. The van der Waals surface area contributed by atoms with Crippen LogP contribution in [0.25, 0.3) is 0 Å². The fourth-order valence-corrected chi connectivity index (χ4v) is 2.74. The summed E-state index contributed by atoms with van der Waals surface area (Å²) in [5, 5.41) is 30.6. The van der Waals surface area contributed by atoms with Gasteiger partial charge in [0.05, 0.1) is 49.3 Å². The van der Waals surface area contributed by atoms with E-state index in [0.29, 0.717) is 19.3 Å². The van der Waals surface area contributed by atoms with Crippen molar-refractivity contribution in [2.45, 2.75) is 106 Å². The van der Waals surface area contributed by atoms with Gasteiger partial charge in [-0.15, -0.1) is 0 Å². The number of aliphatic hydroxyl groups excluding tert-OH is 3. The van der Waals surface area contributed by atoms with Crippen molar-refractivity contribution in [1.29, 1.82) is 0 Å². The highest BCUT2D eigenvalue weighted by atomic mass is 16.6. The third kappa shape index (κ3) is 16.1. The lowest BCUT2D eigenvalue weighted by Crippen LogP contribution is -2.36. The molecule has 0 saturated heterocycles. The summed E-state index contributed by atoms with van der Waals surface area (Å²) in [7, 11) is 0. The second-order valence-electron chi connectivity index (χ2n) is 12.5. The Kier molecular flexibility index (Phi) is 18.6. The Hall–Kier alpha value is -1.83. The highest BCUT2D eigenvalue weighted by Gasteiger charge is 2.30. The molecule has 0 aromatic heterocycles. The van der Waals surface area contributed by atoms with Gasteiger partial charge in [-0.1, -0.05) is 20.8 Å². The maximum Gasteiger partial charge on any atom is 0.311 e. The minimum absolute atomic E-state index is 0.0589. The fourth-order valence-electron chi connectivity index (χ4n) is 2.74. The van der Waals surface area contributed by atoms with Gasteiger partial charge in [0.2, 0.25) is 0 Å². The van der Waals surface area contributed by atoms with Crippen LogP contribution in [-0.4, -0.2) is 110 Å². The van der Waals surface area contributed by atoms with E-state index in [-0.39, 0.29) is 52.9 Å². The molecule has 0 spiro atoms. The normalized spacial score (nSPS) is 15.4. The first-order valence-corrected chi connectivity index (χ1v) is 14.7. The van der Waals surface area contributed by atoms with Gasteiger partial charge in [0, 0.05) is 0 Å². The van der Waals surface area contributed by atoms with Crippen LogP contribution in [0.4, 0.5) is 0 Å². The topological polar surface area (TPSA) is 167 Å². The van der Waals surface area contributed by atoms with Crippen LogP contribution in [-0.2, 0) is 42.8 Å². The summed E-state index contributed by atoms with van der Waals surface area (Å²) >= 11 is 0. The first kappa shape index (κ1) is 40.2. The summed E-state index contributed by atoms with van der Waals surface area (Å²) in [5.74, 6) is -1.27. The van der Waals surface area contributed by atoms with Crippen molar-refractivity contribution in [2.75, 3.05) is 52.9 Å². The first-order valence-electron chi connectivity index (χ1n) is 14.7. The second kappa shape index (κ2) is 19.4. The summed E-state index contributed by atoms with van der Waals surface area (Å²) in [6.07, 6.45) is -2.22. The molecule has 3 N–H and O–H groups in total. The lowest BCUT2D eigenvalue weighted by Gasteiger charge is -2.24. The van der Waals surface area contributed by atoms with Crippen LogP contribution in [0.15, 0.2) is 0 Å². The molecule has 12 heteroatoms. The van der Waals surface area contributed by atoms with Crippen molar-refractivity contribution in [1.82, 2.24) is 0 Å². The number of aliphatic hydroxyl groups is 3. The first-order chi connectivity index (χ1) is 19.4. The maximum absolute atomic E-state index is 12.2. The van der Waals surface area contributed by atoms with Gasteiger partial charge >= 0.3 is 17.9 Å². The Morgan fingerprint density at radius 2 is 0.786 bits per heavy atom. The molecule has 42 heavy (non-hydrogen) atoms. The van der Waals surface area contributed by atoms with Gasteiger partial charge in [-0.3, -0.25) is 14.4 Å². The van der Waals surface area contributed by atoms with Gasteiger partial charge in [0.25, 0.3) is 0 Å². The Labute approximate surface area is 251 Å². The van der Waals surface area contributed by atoms with Crippen LogP contribution in [0.2, 0.25) is 0 Å². The Balaban J connectivity index is 4.85. The number of hydrogen-bond donors (Lipinski definition) is 3. The minimum atomic E-state index is -1.11. The molecule has 0 radical (unpaired) electrons. The van der Waals surface area contributed by atoms with Crippen LogP contribution >= 0.6 is 0 Å². The van der Waals surface area contributed by atoms with Crippen molar-refractivity contribution in [2.24, 2.45) is 16.2 Å². The molecule has 0 rings (SSSR count). The monoisotopic (exact) mass is 608 g/mol. The molecule has 0 aliphatic rings. The SMILES string of the molecule is CCC(C)(C)C(=O)OCC(O)COCC(COCC(O)COC(=O)C(C)(C)CC)OCC(O)COC(=O)C(C)(C)CC. The summed E-state index contributed by atoms with van der Waals surface area (Å²) < 4.78 is 32.3. The van der Waals surface area contributed by atoms with E-state index >= 15 is 0 Å². The Morgan fingerprint density at radius 1 is 0.500 bits per heavy atom. The molecule has 3 unspecified atom stereocenters. The van der Waals surface area contributed by atoms with Crippen molar-refractivity contribution in [3.05, 3.63) is 0 Å². The third-order valence-corrected chi connectivity index (χ3v) is 7.28. The molecule has 0 saturated carbocycles. The third-order valence-electron chi connectivity index (χ3n) is 7.28. The number of esters is 3. The molecule has 0 fully saturated rings. The lowest BCUT2D eigenvalue weighted by atomic mass is 9.91. The summed E-state index contributed by atoms with van der Waals surface area (Å²) in [4.78, 5) is 36.4. The zero-order chi connectivity index (χ0) is 32.6.